The molecule has 5 heteroatoms. The van der Waals surface area contributed by atoms with E-state index in [1.807, 2.05) is 6.92 Å². The largest absolute Gasteiger partial charge is 0.460 e. The smallest absolute Gasteiger partial charge is 0.330 e. The third-order valence-electron chi connectivity index (χ3n) is 1.42. The van der Waals surface area contributed by atoms with Crippen molar-refractivity contribution in [2.75, 3.05) is 32.3 Å². The molecule has 15 heavy (non-hydrogen) atoms. The summed E-state index contributed by atoms with van der Waals surface area (Å²) in [6.45, 7) is 7.41. The normalized spacial score (nSPS) is 17.3. The van der Waals surface area contributed by atoms with Crippen LogP contribution in [0.3, 0.4) is 0 Å². The number of halogens is 1. The van der Waals surface area contributed by atoms with Crippen LogP contribution in [0.4, 0.5) is 0 Å². The van der Waals surface area contributed by atoms with Crippen molar-refractivity contribution >= 4 is 17.6 Å². The van der Waals surface area contributed by atoms with Crippen LogP contribution in [-0.2, 0) is 19.0 Å². The fraction of sp³-hybridized carbons (Fsp3) is 0.700. The number of epoxide rings is 1. The number of hydrogen-bond donors (Lipinski definition) is 0. The van der Waals surface area contributed by atoms with Crippen molar-refractivity contribution in [2.45, 2.75) is 13.0 Å². The van der Waals surface area contributed by atoms with Crippen LogP contribution in [0.5, 0.6) is 0 Å². The molecule has 1 aliphatic heterocycles. The Balaban J connectivity index is 0.000000322. The fourth-order valence-electron chi connectivity index (χ4n) is 0.562. The van der Waals surface area contributed by atoms with Crippen LogP contribution in [-0.4, -0.2) is 44.4 Å². The molecule has 88 valence electrons. The number of carbonyl (C=O) groups excluding carboxylic acids is 1. The molecule has 0 aromatic heterocycles. The van der Waals surface area contributed by atoms with Crippen molar-refractivity contribution in [2.24, 2.45) is 0 Å². The van der Waals surface area contributed by atoms with Crippen LogP contribution >= 0.6 is 11.6 Å². The molecule has 1 heterocycles. The lowest BCUT2D eigenvalue weighted by molar-refractivity contribution is -0.139. The van der Waals surface area contributed by atoms with Gasteiger partial charge in [-0.3, -0.25) is 0 Å². The monoisotopic (exact) mass is 236 g/mol. The zero-order chi connectivity index (χ0) is 11.5. The van der Waals surface area contributed by atoms with Gasteiger partial charge in [-0.1, -0.05) is 6.58 Å². The first-order valence-electron chi connectivity index (χ1n) is 4.79. The molecular weight excluding hydrogens is 220 g/mol. The number of esters is 1. The average molecular weight is 237 g/mol. The lowest BCUT2D eigenvalue weighted by Crippen LogP contribution is -2.07. The highest BCUT2D eigenvalue weighted by Crippen LogP contribution is 2.08. The maximum Gasteiger partial charge on any atom is 0.330 e. The highest BCUT2D eigenvalue weighted by molar-refractivity contribution is 6.18. The molecule has 1 aliphatic rings. The van der Waals surface area contributed by atoms with Gasteiger partial charge in [0.2, 0.25) is 0 Å². The molecular formula is C10H17ClO4. The second-order valence-electron chi connectivity index (χ2n) is 2.68. The minimum atomic E-state index is -0.403. The first kappa shape index (κ1) is 14.4. The van der Waals surface area contributed by atoms with E-state index in [4.69, 9.17) is 21.1 Å². The SMILES string of the molecule is C=CC(=O)OCCOCC.ClCC1CO1. The first-order chi connectivity index (χ1) is 7.24. The predicted octanol–water partition coefficient (Wildman–Crippen LogP) is 1.38. The fourth-order valence-corrected chi connectivity index (χ4v) is 0.740. The summed E-state index contributed by atoms with van der Waals surface area (Å²) in [7, 11) is 0. The number of hydrogen-bond acceptors (Lipinski definition) is 4. The van der Waals surface area contributed by atoms with Crippen molar-refractivity contribution in [1.29, 1.82) is 0 Å². The number of carbonyl (C=O) groups is 1. The molecule has 0 aliphatic carbocycles. The Morgan fingerprint density at radius 1 is 1.67 bits per heavy atom. The summed E-state index contributed by atoms with van der Waals surface area (Å²) in [4.78, 5) is 10.4. The van der Waals surface area contributed by atoms with Crippen molar-refractivity contribution < 1.29 is 19.0 Å². The zero-order valence-electron chi connectivity index (χ0n) is 8.91. The summed E-state index contributed by atoms with van der Waals surface area (Å²) in [5, 5.41) is 0. The van der Waals surface area contributed by atoms with Crippen LogP contribution in [0.25, 0.3) is 0 Å². The maximum atomic E-state index is 10.4. The van der Waals surface area contributed by atoms with Gasteiger partial charge in [0.25, 0.3) is 0 Å². The molecule has 0 amide bonds. The molecule has 1 saturated heterocycles. The average Bonchev–Trinajstić information content (AvgIpc) is 3.08. The molecule has 0 aromatic carbocycles. The van der Waals surface area contributed by atoms with Gasteiger partial charge in [-0.2, -0.15) is 0 Å². The summed E-state index contributed by atoms with van der Waals surface area (Å²) in [6.07, 6.45) is 1.53. The van der Waals surface area contributed by atoms with E-state index in [1.54, 1.807) is 0 Å². The molecule has 1 fully saturated rings. The second kappa shape index (κ2) is 9.96. The molecule has 0 bridgehead atoms. The summed E-state index contributed by atoms with van der Waals surface area (Å²) < 4.78 is 14.3. The van der Waals surface area contributed by atoms with Gasteiger partial charge in [0.1, 0.15) is 6.61 Å². The van der Waals surface area contributed by atoms with Crippen molar-refractivity contribution in [3.05, 3.63) is 12.7 Å². The highest BCUT2D eigenvalue weighted by Gasteiger charge is 2.19. The summed E-state index contributed by atoms with van der Waals surface area (Å²) in [6, 6.07) is 0. The van der Waals surface area contributed by atoms with Crippen molar-refractivity contribution in [1.82, 2.24) is 0 Å². The summed E-state index contributed by atoms with van der Waals surface area (Å²) >= 11 is 5.27. The van der Waals surface area contributed by atoms with Crippen LogP contribution in [0.2, 0.25) is 0 Å². The Morgan fingerprint density at radius 3 is 2.67 bits per heavy atom. The van der Waals surface area contributed by atoms with Crippen LogP contribution in [0.15, 0.2) is 12.7 Å². The van der Waals surface area contributed by atoms with Gasteiger partial charge in [-0.05, 0) is 6.92 Å². The van der Waals surface area contributed by atoms with Gasteiger partial charge >= 0.3 is 5.97 Å². The molecule has 0 N–H and O–H groups in total. The van der Waals surface area contributed by atoms with E-state index >= 15 is 0 Å². The van der Waals surface area contributed by atoms with E-state index in [9.17, 15) is 4.79 Å². The van der Waals surface area contributed by atoms with Crippen molar-refractivity contribution in [3.8, 4) is 0 Å². The number of ether oxygens (including phenoxy) is 3. The van der Waals surface area contributed by atoms with E-state index in [2.05, 4.69) is 11.3 Å². The molecule has 4 nitrogen and oxygen atoms in total. The van der Waals surface area contributed by atoms with Gasteiger partial charge in [0.05, 0.1) is 25.2 Å². The lowest BCUT2D eigenvalue weighted by Gasteiger charge is -2.00. The van der Waals surface area contributed by atoms with Gasteiger partial charge in [0.15, 0.2) is 0 Å². The molecule has 1 atom stereocenters. The highest BCUT2D eigenvalue weighted by atomic mass is 35.5. The maximum absolute atomic E-state index is 10.4. The Bertz CT molecular complexity index is 180. The second-order valence-corrected chi connectivity index (χ2v) is 2.99. The molecule has 0 spiro atoms. The molecule has 0 aromatic rings. The van der Waals surface area contributed by atoms with Gasteiger partial charge in [-0.25, -0.2) is 4.79 Å². The Kier molecular flexibility index (Phi) is 9.57. The predicted molar refractivity (Wildman–Crippen MR) is 58.1 cm³/mol. The Labute approximate surface area is 95.1 Å². The van der Waals surface area contributed by atoms with Gasteiger partial charge < -0.3 is 14.2 Å². The summed E-state index contributed by atoms with van der Waals surface area (Å²) in [5.74, 6) is 0.264. The molecule has 1 rings (SSSR count). The first-order valence-corrected chi connectivity index (χ1v) is 5.32. The molecule has 1 unspecified atom stereocenters. The third kappa shape index (κ3) is 11.3. The van der Waals surface area contributed by atoms with Gasteiger partial charge in [0, 0.05) is 12.7 Å². The minimum absolute atomic E-state index is 0.304. The van der Waals surface area contributed by atoms with E-state index in [0.29, 0.717) is 31.8 Å². The number of alkyl halides is 1. The topological polar surface area (TPSA) is 48.1 Å². The van der Waals surface area contributed by atoms with E-state index in [1.165, 1.54) is 0 Å². The van der Waals surface area contributed by atoms with Crippen molar-refractivity contribution in [3.63, 3.8) is 0 Å². The number of rotatable bonds is 6. The minimum Gasteiger partial charge on any atom is -0.460 e. The van der Waals surface area contributed by atoms with Crippen LogP contribution in [0, 0.1) is 0 Å². The van der Waals surface area contributed by atoms with E-state index in [0.717, 1.165) is 12.7 Å². The lowest BCUT2D eigenvalue weighted by atomic mass is 10.6. The Morgan fingerprint density at radius 2 is 2.33 bits per heavy atom. The van der Waals surface area contributed by atoms with E-state index in [-0.39, 0.29) is 0 Å². The van der Waals surface area contributed by atoms with Gasteiger partial charge in [-0.15, -0.1) is 11.6 Å². The van der Waals surface area contributed by atoms with E-state index < -0.39 is 5.97 Å². The standard InChI is InChI=1S/C7H12O3.C3H5ClO/c1-3-7(8)10-6-5-9-4-2;4-1-3-2-5-3/h3H,1,4-6H2,2H3;3H,1-2H2. The Hall–Kier alpha value is -0.580. The zero-order valence-corrected chi connectivity index (χ0v) is 9.66. The summed E-state index contributed by atoms with van der Waals surface area (Å²) in [5.41, 5.74) is 0. The van der Waals surface area contributed by atoms with Crippen LogP contribution < -0.4 is 0 Å². The third-order valence-corrected chi connectivity index (χ3v) is 1.76. The molecule has 0 saturated carbocycles. The molecule has 0 radical (unpaired) electrons. The quantitative estimate of drug-likeness (QED) is 0.230. The van der Waals surface area contributed by atoms with Crippen LogP contribution in [0.1, 0.15) is 6.92 Å².